The molecule has 1 saturated heterocycles. The molecule has 24 heavy (non-hydrogen) atoms. The molecule has 3 rings (SSSR count). The number of anilines is 2. The minimum atomic E-state index is -0.185. The Balaban J connectivity index is 1.62. The van der Waals surface area contributed by atoms with E-state index in [0.29, 0.717) is 6.04 Å². The lowest BCUT2D eigenvalue weighted by Crippen LogP contribution is -2.35. The molecule has 1 fully saturated rings. The van der Waals surface area contributed by atoms with Gasteiger partial charge in [0.2, 0.25) is 5.95 Å². The zero-order valence-corrected chi connectivity index (χ0v) is 14.5. The van der Waals surface area contributed by atoms with Crippen molar-refractivity contribution in [2.45, 2.75) is 19.0 Å². The molecule has 0 amide bonds. The molecule has 0 bridgehead atoms. The topological polar surface area (TPSA) is 35.5 Å². The maximum atomic E-state index is 13.0. The van der Waals surface area contributed by atoms with Crippen molar-refractivity contribution in [3.8, 4) is 0 Å². The van der Waals surface area contributed by atoms with Gasteiger partial charge in [0.1, 0.15) is 11.6 Å². The summed E-state index contributed by atoms with van der Waals surface area (Å²) >= 11 is 0. The van der Waals surface area contributed by atoms with Gasteiger partial charge in [0.15, 0.2) is 0 Å². The maximum Gasteiger partial charge on any atom is 0.227 e. The third kappa shape index (κ3) is 3.82. The van der Waals surface area contributed by atoms with E-state index < -0.39 is 0 Å². The largest absolute Gasteiger partial charge is 0.363 e. The summed E-state index contributed by atoms with van der Waals surface area (Å²) in [5.74, 6) is 1.48. The first-order valence-corrected chi connectivity index (χ1v) is 8.23. The molecule has 0 radical (unpaired) electrons. The molecule has 1 aliphatic heterocycles. The van der Waals surface area contributed by atoms with Crippen LogP contribution in [0.2, 0.25) is 0 Å². The van der Waals surface area contributed by atoms with Crippen LogP contribution in [0.3, 0.4) is 0 Å². The predicted octanol–water partition coefficient (Wildman–Crippen LogP) is 2.39. The van der Waals surface area contributed by atoms with E-state index in [1.165, 1.54) is 12.1 Å². The van der Waals surface area contributed by atoms with Crippen LogP contribution >= 0.6 is 0 Å². The second-order valence-corrected chi connectivity index (χ2v) is 6.52. The van der Waals surface area contributed by atoms with Gasteiger partial charge in [-0.05, 0) is 30.2 Å². The fraction of sp³-hybridized carbons (Fsp3) is 0.444. The average Bonchev–Trinajstić information content (AvgIpc) is 3.05. The molecule has 2 heterocycles. The van der Waals surface area contributed by atoms with Crippen molar-refractivity contribution in [1.29, 1.82) is 0 Å². The van der Waals surface area contributed by atoms with Crippen LogP contribution in [-0.2, 0) is 6.54 Å². The van der Waals surface area contributed by atoms with Gasteiger partial charge >= 0.3 is 0 Å². The Kier molecular flexibility index (Phi) is 4.94. The quantitative estimate of drug-likeness (QED) is 0.842. The summed E-state index contributed by atoms with van der Waals surface area (Å²) in [5.41, 5.74) is 1.14. The third-order valence-electron chi connectivity index (χ3n) is 4.52. The monoisotopic (exact) mass is 329 g/mol. The molecule has 1 aliphatic rings. The number of hydrogen-bond acceptors (Lipinski definition) is 5. The summed E-state index contributed by atoms with van der Waals surface area (Å²) in [6, 6.07) is 9.06. The van der Waals surface area contributed by atoms with Crippen molar-refractivity contribution in [2.24, 2.45) is 0 Å². The molecule has 6 heteroatoms. The summed E-state index contributed by atoms with van der Waals surface area (Å²) in [5, 5.41) is 0. The van der Waals surface area contributed by atoms with E-state index in [-0.39, 0.29) is 5.82 Å². The number of likely N-dealkylation sites (tertiary alicyclic amines) is 1. The van der Waals surface area contributed by atoms with Gasteiger partial charge in [0.25, 0.3) is 0 Å². The lowest BCUT2D eigenvalue weighted by Gasteiger charge is -2.25. The standard InChI is InChI=1S/C18H24FN5/c1-22(2)17-8-10-20-18(21-17)23(3)16-9-11-24(13-16)12-14-4-6-15(19)7-5-14/h4-8,10,16H,9,11-13H2,1-3H3. The molecule has 1 aromatic heterocycles. The van der Waals surface area contributed by atoms with Crippen LogP contribution in [0.5, 0.6) is 0 Å². The van der Waals surface area contributed by atoms with Crippen molar-refractivity contribution < 1.29 is 4.39 Å². The smallest absolute Gasteiger partial charge is 0.227 e. The van der Waals surface area contributed by atoms with Gasteiger partial charge in [-0.1, -0.05) is 12.1 Å². The number of rotatable bonds is 5. The van der Waals surface area contributed by atoms with Crippen molar-refractivity contribution in [1.82, 2.24) is 14.9 Å². The second-order valence-electron chi connectivity index (χ2n) is 6.52. The highest BCUT2D eigenvalue weighted by molar-refractivity contribution is 5.42. The number of nitrogens with zero attached hydrogens (tertiary/aromatic N) is 5. The van der Waals surface area contributed by atoms with Gasteiger partial charge in [0, 0.05) is 53.0 Å². The van der Waals surface area contributed by atoms with Crippen molar-refractivity contribution in [3.63, 3.8) is 0 Å². The molecular formula is C18H24FN5. The SMILES string of the molecule is CN(C)c1ccnc(N(C)C2CCN(Cc3ccc(F)cc3)C2)n1. The summed E-state index contributed by atoms with van der Waals surface area (Å²) < 4.78 is 13.0. The molecule has 5 nitrogen and oxygen atoms in total. The molecule has 128 valence electrons. The zero-order chi connectivity index (χ0) is 17.1. The van der Waals surface area contributed by atoms with E-state index in [1.54, 1.807) is 6.20 Å². The highest BCUT2D eigenvalue weighted by atomic mass is 19.1. The Morgan fingerprint density at radius 2 is 1.92 bits per heavy atom. The molecule has 2 aromatic rings. The van der Waals surface area contributed by atoms with Gasteiger partial charge in [-0.2, -0.15) is 4.98 Å². The fourth-order valence-electron chi connectivity index (χ4n) is 3.04. The number of halogens is 1. The molecule has 1 aromatic carbocycles. The van der Waals surface area contributed by atoms with E-state index in [1.807, 2.05) is 37.2 Å². The Morgan fingerprint density at radius 3 is 2.62 bits per heavy atom. The van der Waals surface area contributed by atoms with Gasteiger partial charge < -0.3 is 9.80 Å². The maximum absolute atomic E-state index is 13.0. The Morgan fingerprint density at radius 1 is 1.17 bits per heavy atom. The number of aromatic nitrogens is 2. The van der Waals surface area contributed by atoms with Crippen LogP contribution in [-0.4, -0.2) is 55.1 Å². The van der Waals surface area contributed by atoms with Gasteiger partial charge in [-0.3, -0.25) is 4.90 Å². The Bertz CT molecular complexity index is 673. The zero-order valence-electron chi connectivity index (χ0n) is 14.5. The van der Waals surface area contributed by atoms with E-state index in [2.05, 4.69) is 26.8 Å². The minimum absolute atomic E-state index is 0.185. The van der Waals surface area contributed by atoms with Crippen LogP contribution in [0.4, 0.5) is 16.2 Å². The van der Waals surface area contributed by atoms with Crippen LogP contribution in [0, 0.1) is 5.82 Å². The average molecular weight is 329 g/mol. The second kappa shape index (κ2) is 7.13. The summed E-state index contributed by atoms with van der Waals surface area (Å²) in [7, 11) is 6.01. The predicted molar refractivity (Wildman–Crippen MR) is 94.8 cm³/mol. The summed E-state index contributed by atoms with van der Waals surface area (Å²) in [6.07, 6.45) is 2.88. The fourth-order valence-corrected chi connectivity index (χ4v) is 3.04. The molecule has 1 atom stereocenters. The normalized spacial score (nSPS) is 17.9. The first kappa shape index (κ1) is 16.6. The summed E-state index contributed by atoms with van der Waals surface area (Å²) in [4.78, 5) is 15.6. The lowest BCUT2D eigenvalue weighted by atomic mass is 10.2. The molecule has 1 unspecified atom stereocenters. The molecular weight excluding hydrogens is 305 g/mol. The van der Waals surface area contributed by atoms with E-state index in [4.69, 9.17) is 0 Å². The number of hydrogen-bond donors (Lipinski definition) is 0. The van der Waals surface area contributed by atoms with E-state index in [0.717, 1.165) is 43.4 Å². The molecule has 0 aliphatic carbocycles. The van der Waals surface area contributed by atoms with Crippen LogP contribution in [0.15, 0.2) is 36.5 Å². The van der Waals surface area contributed by atoms with Gasteiger partial charge in [-0.15, -0.1) is 0 Å². The molecule has 0 N–H and O–H groups in total. The first-order valence-electron chi connectivity index (χ1n) is 8.23. The highest BCUT2D eigenvalue weighted by Crippen LogP contribution is 2.21. The van der Waals surface area contributed by atoms with E-state index in [9.17, 15) is 4.39 Å². The Hall–Kier alpha value is -2.21. The van der Waals surface area contributed by atoms with Crippen molar-refractivity contribution in [2.75, 3.05) is 44.0 Å². The lowest BCUT2D eigenvalue weighted by molar-refractivity contribution is 0.325. The van der Waals surface area contributed by atoms with Crippen molar-refractivity contribution >= 4 is 11.8 Å². The van der Waals surface area contributed by atoms with Crippen LogP contribution in [0.1, 0.15) is 12.0 Å². The van der Waals surface area contributed by atoms with Crippen LogP contribution < -0.4 is 9.80 Å². The summed E-state index contributed by atoms with van der Waals surface area (Å²) in [6.45, 7) is 2.84. The minimum Gasteiger partial charge on any atom is -0.363 e. The van der Waals surface area contributed by atoms with Gasteiger partial charge in [-0.25, -0.2) is 9.37 Å². The Labute approximate surface area is 142 Å². The number of benzene rings is 1. The first-order chi connectivity index (χ1) is 11.5. The van der Waals surface area contributed by atoms with E-state index >= 15 is 0 Å². The molecule has 0 spiro atoms. The highest BCUT2D eigenvalue weighted by Gasteiger charge is 2.27. The molecule has 0 saturated carbocycles. The number of likely N-dealkylation sites (N-methyl/N-ethyl adjacent to an activating group) is 1. The van der Waals surface area contributed by atoms with Crippen molar-refractivity contribution in [3.05, 3.63) is 47.9 Å². The third-order valence-corrected chi connectivity index (χ3v) is 4.52. The van der Waals surface area contributed by atoms with Gasteiger partial charge in [0.05, 0.1) is 0 Å². The van der Waals surface area contributed by atoms with Crippen LogP contribution in [0.25, 0.3) is 0 Å².